The van der Waals surface area contributed by atoms with E-state index in [1.54, 1.807) is 6.07 Å². The molecule has 2 N–H and O–H groups in total. The molecule has 1 aromatic carbocycles. The third-order valence-electron chi connectivity index (χ3n) is 3.13. The quantitative estimate of drug-likeness (QED) is 0.893. The van der Waals surface area contributed by atoms with Crippen LogP contribution in [0, 0.1) is 5.82 Å². The molecule has 1 aliphatic rings. The Hall–Kier alpha value is -1.69. The molecule has 0 saturated carbocycles. The van der Waals surface area contributed by atoms with Crippen molar-refractivity contribution in [1.82, 2.24) is 9.97 Å². The number of benzene rings is 1. The largest absolute Gasteiger partial charge is 0.325 e. The minimum Gasteiger partial charge on any atom is -0.325 e. The van der Waals surface area contributed by atoms with E-state index in [-0.39, 0.29) is 11.4 Å². The molecule has 0 bridgehead atoms. The first kappa shape index (κ1) is 12.3. The Labute approximate surface area is 117 Å². The number of nitrogens with zero attached hydrogens (tertiary/aromatic N) is 1. The Morgan fingerprint density at radius 1 is 1.37 bits per heavy atom. The van der Waals surface area contributed by atoms with E-state index < -0.39 is 0 Å². The molecule has 1 aromatic heterocycles. The predicted octanol–water partition coefficient (Wildman–Crippen LogP) is 2.90. The second-order valence-corrected chi connectivity index (χ2v) is 5.30. The van der Waals surface area contributed by atoms with Gasteiger partial charge in [-0.1, -0.05) is 0 Å². The average Bonchev–Trinajstić information content (AvgIpc) is 2.81. The maximum atomic E-state index is 13.0. The zero-order valence-corrected chi connectivity index (χ0v) is 11.6. The lowest BCUT2D eigenvalue weighted by Crippen LogP contribution is -2.16. The van der Waals surface area contributed by atoms with E-state index in [9.17, 15) is 9.18 Å². The Morgan fingerprint density at radius 2 is 2.21 bits per heavy atom. The molecular formula is C13H11BrFN3O. The third kappa shape index (κ3) is 2.40. The van der Waals surface area contributed by atoms with Crippen molar-refractivity contribution in [3.8, 4) is 0 Å². The van der Waals surface area contributed by atoms with Gasteiger partial charge >= 0.3 is 0 Å². The van der Waals surface area contributed by atoms with Gasteiger partial charge in [0, 0.05) is 10.0 Å². The van der Waals surface area contributed by atoms with Crippen LogP contribution in [0.3, 0.4) is 0 Å². The predicted molar refractivity (Wildman–Crippen MR) is 74.3 cm³/mol. The van der Waals surface area contributed by atoms with Crippen molar-refractivity contribution in [3.63, 3.8) is 0 Å². The van der Waals surface area contributed by atoms with Crippen LogP contribution in [0.5, 0.6) is 0 Å². The smallest absolute Gasteiger partial charge is 0.255 e. The molecule has 98 valence electrons. The van der Waals surface area contributed by atoms with Crippen LogP contribution >= 0.6 is 15.9 Å². The molecule has 0 radical (unpaired) electrons. The summed E-state index contributed by atoms with van der Waals surface area (Å²) in [6, 6.07) is 4.29. The highest BCUT2D eigenvalue weighted by Gasteiger charge is 2.17. The van der Waals surface area contributed by atoms with E-state index in [2.05, 4.69) is 31.2 Å². The zero-order valence-electron chi connectivity index (χ0n) is 9.96. The number of aryl methyl sites for hydroxylation is 1. The van der Waals surface area contributed by atoms with Crippen molar-refractivity contribution >= 4 is 27.6 Å². The highest BCUT2D eigenvalue weighted by atomic mass is 79.9. The van der Waals surface area contributed by atoms with Crippen LogP contribution in [-0.4, -0.2) is 9.97 Å². The number of anilines is 2. The summed E-state index contributed by atoms with van der Waals surface area (Å²) in [6.07, 6.45) is 2.59. The molecule has 1 heterocycles. The molecular weight excluding hydrogens is 313 g/mol. The summed E-state index contributed by atoms with van der Waals surface area (Å²) in [6.45, 7) is 0. The van der Waals surface area contributed by atoms with Crippen LogP contribution in [0.1, 0.15) is 17.7 Å². The normalized spacial score (nSPS) is 13.4. The maximum absolute atomic E-state index is 13.0. The summed E-state index contributed by atoms with van der Waals surface area (Å²) in [5.41, 5.74) is 2.19. The average molecular weight is 324 g/mol. The highest BCUT2D eigenvalue weighted by Crippen LogP contribution is 2.25. The van der Waals surface area contributed by atoms with Crippen LogP contribution in [0.15, 0.2) is 27.5 Å². The summed E-state index contributed by atoms with van der Waals surface area (Å²) >= 11 is 3.26. The number of fused-ring (bicyclic) bond motifs is 1. The number of rotatable bonds is 2. The lowest BCUT2D eigenvalue weighted by Gasteiger charge is -2.08. The molecule has 2 aromatic rings. The van der Waals surface area contributed by atoms with Gasteiger partial charge in [-0.05, 0) is 53.4 Å². The molecule has 0 saturated heterocycles. The summed E-state index contributed by atoms with van der Waals surface area (Å²) in [5, 5.41) is 2.99. The van der Waals surface area contributed by atoms with Crippen LogP contribution in [-0.2, 0) is 12.8 Å². The molecule has 3 rings (SSSR count). The molecule has 0 atom stereocenters. The Bertz CT molecular complexity index is 699. The second-order valence-electron chi connectivity index (χ2n) is 4.44. The van der Waals surface area contributed by atoms with E-state index in [0.717, 1.165) is 30.5 Å². The number of hydrogen-bond acceptors (Lipinski definition) is 3. The van der Waals surface area contributed by atoms with Crippen molar-refractivity contribution in [2.75, 3.05) is 5.32 Å². The van der Waals surface area contributed by atoms with Gasteiger partial charge in [-0.2, -0.15) is 0 Å². The van der Waals surface area contributed by atoms with Crippen molar-refractivity contribution in [2.45, 2.75) is 19.3 Å². The summed E-state index contributed by atoms with van der Waals surface area (Å²) in [5.74, 6) is 0.0609. The molecule has 0 spiro atoms. The number of H-pyrrole nitrogens is 1. The molecule has 0 amide bonds. The van der Waals surface area contributed by atoms with Crippen molar-refractivity contribution < 1.29 is 4.39 Å². The van der Waals surface area contributed by atoms with Crippen molar-refractivity contribution in [3.05, 3.63) is 50.1 Å². The number of nitrogens with one attached hydrogen (secondary N) is 2. The minimum atomic E-state index is -0.326. The van der Waals surface area contributed by atoms with Crippen LogP contribution in [0.2, 0.25) is 0 Å². The molecule has 0 aliphatic heterocycles. The minimum absolute atomic E-state index is 0.0942. The van der Waals surface area contributed by atoms with Gasteiger partial charge in [0.15, 0.2) is 0 Å². The fraction of sp³-hybridized carbons (Fsp3) is 0.231. The van der Waals surface area contributed by atoms with Gasteiger partial charge in [0.1, 0.15) is 5.82 Å². The highest BCUT2D eigenvalue weighted by molar-refractivity contribution is 9.10. The summed E-state index contributed by atoms with van der Waals surface area (Å²) in [7, 11) is 0. The van der Waals surface area contributed by atoms with Gasteiger partial charge in [-0.3, -0.25) is 9.78 Å². The Kier molecular flexibility index (Phi) is 3.10. The molecule has 19 heavy (non-hydrogen) atoms. The van der Waals surface area contributed by atoms with E-state index >= 15 is 0 Å². The van der Waals surface area contributed by atoms with Gasteiger partial charge in [0.25, 0.3) is 5.56 Å². The van der Waals surface area contributed by atoms with Gasteiger partial charge in [0.2, 0.25) is 5.95 Å². The Balaban J connectivity index is 1.96. The number of aromatic nitrogens is 2. The summed E-state index contributed by atoms with van der Waals surface area (Å²) < 4.78 is 13.6. The first-order valence-corrected chi connectivity index (χ1v) is 6.77. The van der Waals surface area contributed by atoms with Crippen LogP contribution in [0.25, 0.3) is 0 Å². The lowest BCUT2D eigenvalue weighted by atomic mass is 10.2. The fourth-order valence-corrected chi connectivity index (χ4v) is 2.67. The summed E-state index contributed by atoms with van der Waals surface area (Å²) in [4.78, 5) is 19.0. The van der Waals surface area contributed by atoms with Gasteiger partial charge in [-0.15, -0.1) is 0 Å². The number of halogens is 2. The molecule has 0 unspecified atom stereocenters. The number of aromatic amines is 1. The monoisotopic (exact) mass is 323 g/mol. The molecule has 6 heteroatoms. The SMILES string of the molecule is O=c1[nH]c(Nc2ccc(F)cc2Br)nc2c1CCC2. The van der Waals surface area contributed by atoms with Gasteiger partial charge in [0.05, 0.1) is 11.4 Å². The lowest BCUT2D eigenvalue weighted by molar-refractivity contribution is 0.627. The van der Waals surface area contributed by atoms with Crippen molar-refractivity contribution in [2.24, 2.45) is 0 Å². The standard InChI is InChI=1S/C13H11BrFN3O/c14-9-6-7(15)4-5-11(9)17-13-16-10-3-1-2-8(10)12(19)18-13/h4-6H,1-3H2,(H2,16,17,18,19). The van der Waals surface area contributed by atoms with Gasteiger partial charge in [-0.25, -0.2) is 9.37 Å². The molecule has 4 nitrogen and oxygen atoms in total. The first-order valence-electron chi connectivity index (χ1n) is 5.97. The second kappa shape index (κ2) is 4.77. The van der Waals surface area contributed by atoms with Crippen LogP contribution in [0.4, 0.5) is 16.0 Å². The third-order valence-corrected chi connectivity index (χ3v) is 3.78. The van der Waals surface area contributed by atoms with E-state index in [1.165, 1.54) is 12.1 Å². The first-order chi connectivity index (χ1) is 9.13. The topological polar surface area (TPSA) is 57.8 Å². The van der Waals surface area contributed by atoms with E-state index in [1.807, 2.05) is 0 Å². The molecule has 0 fully saturated rings. The van der Waals surface area contributed by atoms with Crippen molar-refractivity contribution in [1.29, 1.82) is 0 Å². The maximum Gasteiger partial charge on any atom is 0.255 e. The van der Waals surface area contributed by atoms with Crippen LogP contribution < -0.4 is 10.9 Å². The van der Waals surface area contributed by atoms with Gasteiger partial charge < -0.3 is 5.32 Å². The molecule has 1 aliphatic carbocycles. The van der Waals surface area contributed by atoms with E-state index in [4.69, 9.17) is 0 Å². The Morgan fingerprint density at radius 3 is 3.00 bits per heavy atom. The zero-order chi connectivity index (χ0) is 13.4. The number of hydrogen-bond donors (Lipinski definition) is 2. The fourth-order valence-electron chi connectivity index (χ4n) is 2.22. The van der Waals surface area contributed by atoms with E-state index in [0.29, 0.717) is 16.1 Å².